The summed E-state index contributed by atoms with van der Waals surface area (Å²) in [5.41, 5.74) is 7.72. The number of carbonyl (C=O) groups is 1. The zero-order valence-electron chi connectivity index (χ0n) is 12.8. The Morgan fingerprint density at radius 3 is 2.86 bits per heavy atom. The molecule has 2 aromatic rings. The van der Waals surface area contributed by atoms with Crippen LogP contribution in [0.2, 0.25) is 0 Å². The molecule has 6 heteroatoms. The van der Waals surface area contributed by atoms with Crippen molar-refractivity contribution in [3.8, 4) is 0 Å². The lowest BCUT2D eigenvalue weighted by Gasteiger charge is -2.17. The Kier molecular flexibility index (Phi) is 4.80. The lowest BCUT2D eigenvalue weighted by atomic mass is 10.1. The molecule has 0 saturated heterocycles. The van der Waals surface area contributed by atoms with Gasteiger partial charge in [0.25, 0.3) is 5.91 Å². The molecule has 0 aliphatic heterocycles. The largest absolute Gasteiger partial charge is 0.397 e. The summed E-state index contributed by atoms with van der Waals surface area (Å²) in [6.45, 7) is 6.97. The van der Waals surface area contributed by atoms with Crippen molar-refractivity contribution >= 4 is 33.1 Å². The zero-order chi connectivity index (χ0) is 15.6. The number of aryl methyl sites for hydroxylation is 1. The Morgan fingerprint density at radius 1 is 1.52 bits per heavy atom. The average Bonchev–Trinajstić information content (AvgIpc) is 2.76. The van der Waals surface area contributed by atoms with Gasteiger partial charge in [-0.2, -0.15) is 0 Å². The van der Waals surface area contributed by atoms with Gasteiger partial charge in [0.05, 0.1) is 18.4 Å². The minimum Gasteiger partial charge on any atom is -0.397 e. The number of nitrogens with zero attached hydrogens (tertiary/aromatic N) is 2. The van der Waals surface area contributed by atoms with E-state index in [0.717, 1.165) is 15.8 Å². The van der Waals surface area contributed by atoms with Crippen LogP contribution in [0.1, 0.15) is 29.1 Å². The third kappa shape index (κ3) is 3.33. The van der Waals surface area contributed by atoms with E-state index in [1.54, 1.807) is 18.1 Å². The number of hydrogen-bond acceptors (Lipinski definition) is 5. The molecule has 0 spiro atoms. The minimum atomic E-state index is -0.0812. The van der Waals surface area contributed by atoms with Gasteiger partial charge in [-0.1, -0.05) is 0 Å². The van der Waals surface area contributed by atoms with Gasteiger partial charge in [-0.05, 0) is 32.4 Å². The summed E-state index contributed by atoms with van der Waals surface area (Å²) in [6, 6.07) is 1.90. The summed E-state index contributed by atoms with van der Waals surface area (Å²) in [5.74, 6) is -0.0812. The Bertz CT molecular complexity index is 652. The molecule has 1 amide bonds. The van der Waals surface area contributed by atoms with Crippen LogP contribution in [0.5, 0.6) is 0 Å². The average molecular weight is 307 g/mol. The minimum absolute atomic E-state index is 0.0812. The van der Waals surface area contributed by atoms with Crippen LogP contribution < -0.4 is 5.73 Å². The van der Waals surface area contributed by atoms with Crippen LogP contribution in [-0.2, 0) is 4.74 Å². The first kappa shape index (κ1) is 15.7. The van der Waals surface area contributed by atoms with E-state index < -0.39 is 0 Å². The SMILES string of the molecule is Cc1ccnc2sc(C(=O)N(C)CCOC(C)C)c(N)c12. The number of thiophene rings is 1. The zero-order valence-corrected chi connectivity index (χ0v) is 13.7. The second kappa shape index (κ2) is 6.41. The number of hydrogen-bond donors (Lipinski definition) is 1. The van der Waals surface area contributed by atoms with Crippen LogP contribution in [0.15, 0.2) is 12.3 Å². The number of pyridine rings is 1. The topological polar surface area (TPSA) is 68.5 Å². The van der Waals surface area contributed by atoms with Crippen molar-refractivity contribution in [1.82, 2.24) is 9.88 Å². The quantitative estimate of drug-likeness (QED) is 0.922. The molecule has 0 atom stereocenters. The fourth-order valence-electron chi connectivity index (χ4n) is 2.06. The van der Waals surface area contributed by atoms with Crippen LogP contribution in [-0.4, -0.2) is 42.1 Å². The van der Waals surface area contributed by atoms with Gasteiger partial charge in [0, 0.05) is 25.2 Å². The Balaban J connectivity index is 2.19. The number of likely N-dealkylation sites (N-methyl/N-ethyl adjacent to an activating group) is 1. The number of ether oxygens (including phenoxy) is 1. The first-order chi connectivity index (χ1) is 9.91. The summed E-state index contributed by atoms with van der Waals surface area (Å²) in [4.78, 5) is 19.8. The molecular weight excluding hydrogens is 286 g/mol. The normalized spacial score (nSPS) is 11.3. The molecule has 0 aliphatic carbocycles. The maximum Gasteiger partial charge on any atom is 0.265 e. The second-order valence-corrected chi connectivity index (χ2v) is 6.30. The molecule has 114 valence electrons. The molecule has 0 bridgehead atoms. The van der Waals surface area contributed by atoms with Crippen LogP contribution in [0.25, 0.3) is 10.2 Å². The van der Waals surface area contributed by atoms with Gasteiger partial charge < -0.3 is 15.4 Å². The lowest BCUT2D eigenvalue weighted by molar-refractivity contribution is 0.0535. The summed E-state index contributed by atoms with van der Waals surface area (Å²) in [6.07, 6.45) is 1.90. The number of nitrogens with two attached hydrogens (primary N) is 1. The van der Waals surface area contributed by atoms with E-state index in [4.69, 9.17) is 10.5 Å². The van der Waals surface area contributed by atoms with Crippen LogP contribution >= 0.6 is 11.3 Å². The van der Waals surface area contributed by atoms with E-state index in [0.29, 0.717) is 23.7 Å². The highest BCUT2D eigenvalue weighted by Crippen LogP contribution is 2.34. The van der Waals surface area contributed by atoms with E-state index in [2.05, 4.69) is 4.98 Å². The molecule has 2 rings (SSSR count). The third-order valence-electron chi connectivity index (χ3n) is 3.26. The standard InChI is InChI=1S/C15H21N3O2S/c1-9(2)20-8-7-18(4)15(19)13-12(16)11-10(3)5-6-17-14(11)21-13/h5-6,9H,7-8,16H2,1-4H3. The molecule has 2 aromatic heterocycles. The van der Waals surface area contributed by atoms with Crippen molar-refractivity contribution in [3.63, 3.8) is 0 Å². The third-order valence-corrected chi connectivity index (χ3v) is 4.36. The highest BCUT2D eigenvalue weighted by Gasteiger charge is 2.21. The molecule has 0 aromatic carbocycles. The van der Waals surface area contributed by atoms with Gasteiger partial charge in [0.2, 0.25) is 0 Å². The van der Waals surface area contributed by atoms with E-state index >= 15 is 0 Å². The van der Waals surface area contributed by atoms with Crippen molar-refractivity contribution in [2.45, 2.75) is 26.9 Å². The molecule has 0 aliphatic rings. The van der Waals surface area contributed by atoms with E-state index in [1.807, 2.05) is 26.8 Å². The smallest absolute Gasteiger partial charge is 0.265 e. The van der Waals surface area contributed by atoms with Gasteiger partial charge >= 0.3 is 0 Å². The van der Waals surface area contributed by atoms with Crippen molar-refractivity contribution in [2.75, 3.05) is 25.9 Å². The highest BCUT2D eigenvalue weighted by atomic mass is 32.1. The van der Waals surface area contributed by atoms with Gasteiger partial charge in [-0.3, -0.25) is 4.79 Å². The monoisotopic (exact) mass is 307 g/mol. The first-order valence-electron chi connectivity index (χ1n) is 6.92. The van der Waals surface area contributed by atoms with Crippen molar-refractivity contribution in [1.29, 1.82) is 0 Å². The number of anilines is 1. The molecule has 0 saturated carbocycles. The molecule has 0 unspecified atom stereocenters. The highest BCUT2D eigenvalue weighted by molar-refractivity contribution is 7.21. The molecule has 0 radical (unpaired) electrons. The fraction of sp³-hybridized carbons (Fsp3) is 0.467. The van der Waals surface area contributed by atoms with Gasteiger partial charge in [0.15, 0.2) is 0 Å². The fourth-order valence-corrected chi connectivity index (χ4v) is 3.20. The number of rotatable bonds is 5. The van der Waals surface area contributed by atoms with Crippen LogP contribution in [0.4, 0.5) is 5.69 Å². The molecular formula is C15H21N3O2S. The second-order valence-electron chi connectivity index (χ2n) is 5.30. The summed E-state index contributed by atoms with van der Waals surface area (Å²) in [7, 11) is 1.76. The summed E-state index contributed by atoms with van der Waals surface area (Å²) < 4.78 is 5.47. The molecule has 2 N–H and O–H groups in total. The molecule has 5 nitrogen and oxygen atoms in total. The number of nitrogen functional groups attached to an aromatic ring is 1. The number of carbonyl (C=O) groups excluding carboxylic acids is 1. The summed E-state index contributed by atoms with van der Waals surface area (Å²) >= 11 is 1.35. The number of aromatic nitrogens is 1. The van der Waals surface area contributed by atoms with E-state index in [1.165, 1.54) is 11.3 Å². The Morgan fingerprint density at radius 2 is 2.24 bits per heavy atom. The van der Waals surface area contributed by atoms with Crippen LogP contribution in [0.3, 0.4) is 0 Å². The molecule has 2 heterocycles. The first-order valence-corrected chi connectivity index (χ1v) is 7.74. The Hall–Kier alpha value is -1.66. The van der Waals surface area contributed by atoms with Crippen molar-refractivity contribution in [3.05, 3.63) is 22.7 Å². The van der Waals surface area contributed by atoms with Gasteiger partial charge in [0.1, 0.15) is 9.71 Å². The maximum absolute atomic E-state index is 12.5. The van der Waals surface area contributed by atoms with Gasteiger partial charge in [-0.25, -0.2) is 4.98 Å². The van der Waals surface area contributed by atoms with E-state index in [-0.39, 0.29) is 12.0 Å². The lowest BCUT2D eigenvalue weighted by Crippen LogP contribution is -2.30. The number of fused-ring (bicyclic) bond motifs is 1. The Labute approximate surface area is 128 Å². The predicted molar refractivity (Wildman–Crippen MR) is 86.8 cm³/mol. The van der Waals surface area contributed by atoms with Crippen LogP contribution in [0, 0.1) is 6.92 Å². The van der Waals surface area contributed by atoms with E-state index in [9.17, 15) is 4.79 Å². The van der Waals surface area contributed by atoms with Crippen molar-refractivity contribution < 1.29 is 9.53 Å². The molecule has 0 fully saturated rings. The predicted octanol–water partition coefficient (Wildman–Crippen LogP) is 2.68. The summed E-state index contributed by atoms with van der Waals surface area (Å²) in [5, 5.41) is 0.887. The number of amides is 1. The molecule has 21 heavy (non-hydrogen) atoms. The van der Waals surface area contributed by atoms with Gasteiger partial charge in [-0.15, -0.1) is 11.3 Å². The van der Waals surface area contributed by atoms with Crippen molar-refractivity contribution in [2.24, 2.45) is 0 Å². The maximum atomic E-state index is 12.5.